The Labute approximate surface area is 121 Å². The molecular weight excluding hydrogens is 462 g/mol. The molecule has 0 aliphatic rings. The van der Waals surface area contributed by atoms with Crippen molar-refractivity contribution >= 4 is 91.5 Å². The molecule has 3 N–H and O–H groups in total. The predicted molar refractivity (Wildman–Crippen MR) is 43.0 cm³/mol. The molecular formula is CH7CaIN2PbTi. The molecule has 38 valence electrons. The number of nitrogens with two attached hydrogens (primary N) is 1. The van der Waals surface area contributed by atoms with E-state index in [1.54, 1.807) is 22.6 Å². The second kappa shape index (κ2) is 16.0. The quantitative estimate of drug-likeness (QED) is 0.146. The third kappa shape index (κ3) is 47.8. The van der Waals surface area contributed by atoms with E-state index in [-0.39, 0.29) is 90.6 Å². The molecule has 6 heteroatoms. The van der Waals surface area contributed by atoms with Gasteiger partial charge in [-0.25, -0.2) is 0 Å². The molecule has 7 heavy (non-hydrogen) atoms. The average molecular weight is 469 g/mol. The first kappa shape index (κ1) is 22.5. The zero-order valence-corrected chi connectivity index (χ0v) is 12.4. The minimum Gasteiger partial charge on any atom is 0 e. The average Bonchev–Trinajstić information content (AvgIpc) is 0.811. The first-order chi connectivity index (χ1) is 1.73. The van der Waals surface area contributed by atoms with Gasteiger partial charge in [-0.05, 0) is 22.6 Å². The Balaban J connectivity index is -0.0000000150. The summed E-state index contributed by atoms with van der Waals surface area (Å²) in [6, 6.07) is 0. The Morgan fingerprint density at radius 3 is 1.57 bits per heavy atom. The first-order valence-corrected chi connectivity index (χ1v) is 1.81. The van der Waals surface area contributed by atoms with Gasteiger partial charge in [0.1, 0.15) is 0 Å². The van der Waals surface area contributed by atoms with E-state index in [9.17, 15) is 0 Å². The molecule has 0 spiro atoms. The zero-order chi connectivity index (χ0) is 3.58. The SMILES string of the molecule is N=C(N)I.[CaH2].[PbH2].[Ti]. The smallest absolute Gasteiger partial charge is 0 e. The summed E-state index contributed by atoms with van der Waals surface area (Å²) in [5, 5.41) is 6.26. The van der Waals surface area contributed by atoms with Crippen LogP contribution in [0.2, 0.25) is 0 Å². The molecule has 0 amide bonds. The summed E-state index contributed by atoms with van der Waals surface area (Å²) in [4.78, 5) is 0. The van der Waals surface area contributed by atoms with Gasteiger partial charge in [-0.3, -0.25) is 5.41 Å². The molecule has 0 atom stereocenters. The van der Waals surface area contributed by atoms with Crippen LogP contribution in [0.25, 0.3) is 0 Å². The number of halogens is 1. The van der Waals surface area contributed by atoms with Crippen LogP contribution in [0.4, 0.5) is 0 Å². The summed E-state index contributed by atoms with van der Waals surface area (Å²) in [7, 11) is 0. The minimum atomic E-state index is 0. The fourth-order valence-electron chi connectivity index (χ4n) is 0. The number of hydrogen-bond donors (Lipinski definition) is 2. The van der Waals surface area contributed by atoms with E-state index in [2.05, 4.69) is 5.73 Å². The maximum atomic E-state index is 6.26. The van der Waals surface area contributed by atoms with E-state index >= 15 is 0 Å². The molecule has 0 aliphatic heterocycles. The molecule has 0 aromatic heterocycles. The van der Waals surface area contributed by atoms with Gasteiger partial charge in [-0.1, -0.05) is 0 Å². The van der Waals surface area contributed by atoms with Gasteiger partial charge in [0.2, 0.25) is 0 Å². The van der Waals surface area contributed by atoms with Gasteiger partial charge in [-0.2, -0.15) is 0 Å². The second-order valence-electron chi connectivity index (χ2n) is 0.348. The van der Waals surface area contributed by atoms with Gasteiger partial charge in [-0.15, -0.1) is 0 Å². The van der Waals surface area contributed by atoms with Crippen molar-refractivity contribution < 1.29 is 21.7 Å². The Morgan fingerprint density at radius 1 is 1.57 bits per heavy atom. The summed E-state index contributed by atoms with van der Waals surface area (Å²) in [5.74, 6) is 0. The normalized spacial score (nSPS) is 3.57. The first-order valence-electron chi connectivity index (χ1n) is 0.728. The molecule has 0 aromatic rings. The van der Waals surface area contributed by atoms with E-state index in [4.69, 9.17) is 5.41 Å². The Bertz CT molecular complexity index is 40.7. The minimum absolute atomic E-state index is 0. The summed E-state index contributed by atoms with van der Waals surface area (Å²) in [5.41, 5.74) is 4.68. The van der Waals surface area contributed by atoms with Crippen LogP contribution < -0.4 is 5.73 Å². The fourth-order valence-corrected chi connectivity index (χ4v) is 0. The molecule has 0 fully saturated rings. The van der Waals surface area contributed by atoms with Crippen molar-refractivity contribution in [2.75, 3.05) is 0 Å². The maximum Gasteiger partial charge on any atom is 0 e. The van der Waals surface area contributed by atoms with E-state index in [0.717, 1.165) is 0 Å². The number of nitrogens with one attached hydrogen (secondary N) is 1. The van der Waals surface area contributed by atoms with Crippen molar-refractivity contribution in [2.45, 2.75) is 0 Å². The van der Waals surface area contributed by atoms with Crippen molar-refractivity contribution in [2.24, 2.45) is 5.73 Å². The Kier molecular flexibility index (Phi) is 51.5. The van der Waals surface area contributed by atoms with E-state index < -0.39 is 0 Å². The van der Waals surface area contributed by atoms with Crippen LogP contribution in [0.15, 0.2) is 0 Å². The van der Waals surface area contributed by atoms with Gasteiger partial charge in [0.15, 0.2) is 3.84 Å². The molecule has 0 aromatic carbocycles. The molecule has 0 aliphatic carbocycles. The van der Waals surface area contributed by atoms with Gasteiger partial charge in [0.25, 0.3) is 0 Å². The molecule has 2 radical (unpaired) electrons. The van der Waals surface area contributed by atoms with Crippen molar-refractivity contribution in [3.63, 3.8) is 0 Å². The predicted octanol–water partition coefficient (Wildman–Crippen LogP) is -1.52. The number of hydrogen-bond acceptors (Lipinski definition) is 1. The topological polar surface area (TPSA) is 49.9 Å². The van der Waals surface area contributed by atoms with Gasteiger partial charge < -0.3 is 5.73 Å². The largest absolute Gasteiger partial charge is 0 e. The van der Waals surface area contributed by atoms with Crippen molar-refractivity contribution in [3.8, 4) is 0 Å². The summed E-state index contributed by atoms with van der Waals surface area (Å²) in [6.07, 6.45) is 0. The van der Waals surface area contributed by atoms with Crippen LogP contribution in [0.1, 0.15) is 0 Å². The van der Waals surface area contributed by atoms with Gasteiger partial charge in [0.05, 0.1) is 0 Å². The molecule has 0 saturated heterocycles. The maximum absolute atomic E-state index is 6.26. The van der Waals surface area contributed by atoms with Crippen LogP contribution in [0.3, 0.4) is 0 Å². The summed E-state index contributed by atoms with van der Waals surface area (Å²) < 4.78 is 0.137. The number of amidine groups is 1. The third-order valence-corrected chi connectivity index (χ3v) is 0. The van der Waals surface area contributed by atoms with E-state index in [1.807, 2.05) is 0 Å². The fraction of sp³-hybridized carbons (Fsp3) is 0. The number of rotatable bonds is 0. The third-order valence-electron chi connectivity index (χ3n) is 0. The molecule has 0 heterocycles. The molecule has 0 rings (SSSR count). The molecule has 0 bridgehead atoms. The molecule has 0 unspecified atom stereocenters. The van der Waals surface area contributed by atoms with Crippen molar-refractivity contribution in [3.05, 3.63) is 0 Å². The Hall–Kier alpha value is 3.10. The van der Waals surface area contributed by atoms with E-state index in [1.165, 1.54) is 0 Å². The second-order valence-corrected chi connectivity index (χ2v) is 1.51. The summed E-state index contributed by atoms with van der Waals surface area (Å²) >= 11 is 1.70. The van der Waals surface area contributed by atoms with Gasteiger partial charge in [0, 0.05) is 21.7 Å². The van der Waals surface area contributed by atoms with Crippen LogP contribution in [-0.4, -0.2) is 68.9 Å². The standard InChI is InChI=1S/CH3IN2.Ca.Pb.Ti.4H/c2-1(3)4;;;;;;;/h(H3,3,4);;;;;;;. The Morgan fingerprint density at radius 2 is 1.57 bits per heavy atom. The zero-order valence-electron chi connectivity index (χ0n) is 3.16. The van der Waals surface area contributed by atoms with Gasteiger partial charge >= 0.3 is 65.0 Å². The molecule has 2 nitrogen and oxygen atoms in total. The van der Waals surface area contributed by atoms with Crippen LogP contribution in [0.5, 0.6) is 0 Å². The van der Waals surface area contributed by atoms with E-state index in [0.29, 0.717) is 0 Å². The summed E-state index contributed by atoms with van der Waals surface area (Å²) in [6.45, 7) is 0. The van der Waals surface area contributed by atoms with Crippen LogP contribution in [0, 0.1) is 5.41 Å². The van der Waals surface area contributed by atoms with Crippen LogP contribution in [-0.2, 0) is 21.7 Å². The molecule has 0 saturated carbocycles. The van der Waals surface area contributed by atoms with Crippen LogP contribution >= 0.6 is 22.6 Å². The van der Waals surface area contributed by atoms with Crippen molar-refractivity contribution in [1.82, 2.24) is 0 Å². The van der Waals surface area contributed by atoms with Crippen molar-refractivity contribution in [1.29, 1.82) is 5.41 Å². The monoisotopic (exact) mass is 470 g/mol.